The Labute approximate surface area is 159 Å². The lowest BCUT2D eigenvalue weighted by Gasteiger charge is -2.32. The van der Waals surface area contributed by atoms with E-state index in [2.05, 4.69) is 20.4 Å². The minimum absolute atomic E-state index is 0.0961. The predicted octanol–water partition coefficient (Wildman–Crippen LogP) is 3.68. The molecular weight excluding hydrogens is 346 g/mol. The third-order valence-electron chi connectivity index (χ3n) is 4.41. The highest BCUT2D eigenvalue weighted by atomic mass is 16.6. The summed E-state index contributed by atoms with van der Waals surface area (Å²) < 4.78 is 10.6. The molecule has 1 saturated heterocycles. The van der Waals surface area contributed by atoms with Gasteiger partial charge in [-0.2, -0.15) is 4.98 Å². The van der Waals surface area contributed by atoms with Gasteiger partial charge in [-0.1, -0.05) is 19.0 Å². The lowest BCUT2D eigenvalue weighted by Crippen LogP contribution is -2.43. The molecule has 0 spiro atoms. The number of hydrogen-bond donors (Lipinski definition) is 1. The molecule has 8 nitrogen and oxygen atoms in total. The van der Waals surface area contributed by atoms with Crippen LogP contribution in [0.15, 0.2) is 22.9 Å². The summed E-state index contributed by atoms with van der Waals surface area (Å²) in [6, 6.07) is 4.02. The number of likely N-dealkylation sites (tertiary alicyclic amines) is 1. The fourth-order valence-electron chi connectivity index (χ4n) is 2.92. The number of amides is 1. The summed E-state index contributed by atoms with van der Waals surface area (Å²) in [5.74, 6) is 2.17. The second kappa shape index (κ2) is 8.37. The molecule has 0 radical (unpaired) electrons. The van der Waals surface area contributed by atoms with E-state index >= 15 is 0 Å². The fraction of sp³-hybridized carbons (Fsp3) is 0.579. The third-order valence-corrected chi connectivity index (χ3v) is 4.41. The van der Waals surface area contributed by atoms with E-state index in [4.69, 9.17) is 9.26 Å². The molecule has 0 atom stereocenters. The standard InChI is InChI=1S/C19H27N5O3/c1-12(2)17-22-18(27-23-17)14-5-8-20-16(11-14)21-15-6-9-24(10-7-15)19(25)26-13(3)4/h5,8,11-13,15H,6-7,9-10H2,1-4H3,(H,20,21). The number of hydrogen-bond acceptors (Lipinski definition) is 7. The quantitative estimate of drug-likeness (QED) is 0.854. The van der Waals surface area contributed by atoms with Crippen LogP contribution in [0.4, 0.5) is 10.6 Å². The van der Waals surface area contributed by atoms with Gasteiger partial charge in [0.1, 0.15) is 5.82 Å². The van der Waals surface area contributed by atoms with Gasteiger partial charge in [0.15, 0.2) is 5.82 Å². The van der Waals surface area contributed by atoms with Crippen LogP contribution in [0.5, 0.6) is 0 Å². The SMILES string of the molecule is CC(C)OC(=O)N1CCC(Nc2cc(-c3nc(C(C)C)no3)ccn2)CC1. The minimum Gasteiger partial charge on any atom is -0.447 e. The van der Waals surface area contributed by atoms with Crippen molar-refractivity contribution >= 4 is 11.9 Å². The first kappa shape index (κ1) is 19.1. The summed E-state index contributed by atoms with van der Waals surface area (Å²) in [6.07, 6.45) is 3.09. The van der Waals surface area contributed by atoms with Crippen molar-refractivity contribution in [1.82, 2.24) is 20.0 Å². The number of nitrogens with zero attached hydrogens (tertiary/aromatic N) is 4. The van der Waals surface area contributed by atoms with Crippen LogP contribution in [0.3, 0.4) is 0 Å². The van der Waals surface area contributed by atoms with Gasteiger partial charge in [-0.3, -0.25) is 0 Å². The van der Waals surface area contributed by atoms with E-state index in [0.29, 0.717) is 24.8 Å². The fourth-order valence-corrected chi connectivity index (χ4v) is 2.92. The molecule has 2 aromatic heterocycles. The van der Waals surface area contributed by atoms with Gasteiger partial charge < -0.3 is 19.5 Å². The van der Waals surface area contributed by atoms with Crippen LogP contribution in [-0.2, 0) is 4.74 Å². The molecule has 3 rings (SSSR count). The van der Waals surface area contributed by atoms with E-state index in [0.717, 1.165) is 24.2 Å². The summed E-state index contributed by atoms with van der Waals surface area (Å²) in [4.78, 5) is 22.5. The smallest absolute Gasteiger partial charge is 0.410 e. The van der Waals surface area contributed by atoms with E-state index in [1.165, 1.54) is 0 Å². The van der Waals surface area contributed by atoms with Gasteiger partial charge in [-0.05, 0) is 38.8 Å². The second-order valence-corrected chi connectivity index (χ2v) is 7.38. The van der Waals surface area contributed by atoms with Gasteiger partial charge in [-0.25, -0.2) is 9.78 Å². The number of piperidine rings is 1. The molecule has 3 heterocycles. The lowest BCUT2D eigenvalue weighted by atomic mass is 10.1. The molecule has 1 N–H and O–H groups in total. The number of carbonyl (C=O) groups is 1. The number of anilines is 1. The van der Waals surface area contributed by atoms with Gasteiger partial charge in [-0.15, -0.1) is 0 Å². The highest BCUT2D eigenvalue weighted by Gasteiger charge is 2.24. The summed E-state index contributed by atoms with van der Waals surface area (Å²) >= 11 is 0. The number of rotatable bonds is 5. The van der Waals surface area contributed by atoms with E-state index in [1.54, 1.807) is 11.1 Å². The van der Waals surface area contributed by atoms with Gasteiger partial charge in [0, 0.05) is 36.8 Å². The Hall–Kier alpha value is -2.64. The Bertz CT molecular complexity index is 766. The molecule has 0 saturated carbocycles. The van der Waals surface area contributed by atoms with Crippen molar-refractivity contribution in [1.29, 1.82) is 0 Å². The van der Waals surface area contributed by atoms with E-state index < -0.39 is 0 Å². The van der Waals surface area contributed by atoms with E-state index in [-0.39, 0.29) is 24.2 Å². The maximum absolute atomic E-state index is 12.0. The molecule has 1 aliphatic heterocycles. The zero-order chi connectivity index (χ0) is 19.4. The molecule has 27 heavy (non-hydrogen) atoms. The highest BCUT2D eigenvalue weighted by molar-refractivity contribution is 5.68. The van der Waals surface area contributed by atoms with Crippen molar-refractivity contribution in [3.63, 3.8) is 0 Å². The Kier molecular flexibility index (Phi) is 5.93. The highest BCUT2D eigenvalue weighted by Crippen LogP contribution is 2.23. The number of aromatic nitrogens is 3. The molecule has 0 bridgehead atoms. The first-order chi connectivity index (χ1) is 12.9. The van der Waals surface area contributed by atoms with Crippen LogP contribution < -0.4 is 5.32 Å². The first-order valence-electron chi connectivity index (χ1n) is 9.44. The molecule has 1 amide bonds. The molecule has 0 aliphatic carbocycles. The Balaban J connectivity index is 1.58. The number of nitrogens with one attached hydrogen (secondary N) is 1. The first-order valence-corrected chi connectivity index (χ1v) is 9.44. The summed E-state index contributed by atoms with van der Waals surface area (Å²) in [7, 11) is 0. The largest absolute Gasteiger partial charge is 0.447 e. The van der Waals surface area contributed by atoms with E-state index in [1.807, 2.05) is 39.8 Å². The van der Waals surface area contributed by atoms with Gasteiger partial charge >= 0.3 is 6.09 Å². The van der Waals surface area contributed by atoms with Crippen LogP contribution in [-0.4, -0.2) is 51.4 Å². The molecule has 1 aliphatic rings. The second-order valence-electron chi connectivity index (χ2n) is 7.38. The number of carbonyl (C=O) groups excluding carboxylic acids is 1. The minimum atomic E-state index is -0.235. The Morgan fingerprint density at radius 3 is 2.67 bits per heavy atom. The molecular formula is C19H27N5O3. The molecule has 0 unspecified atom stereocenters. The molecule has 146 valence electrons. The third kappa shape index (κ3) is 4.96. The maximum atomic E-state index is 12.0. The zero-order valence-corrected chi connectivity index (χ0v) is 16.3. The van der Waals surface area contributed by atoms with Crippen LogP contribution in [0.2, 0.25) is 0 Å². The number of pyridine rings is 1. The van der Waals surface area contributed by atoms with Crippen molar-refractivity contribution in [3.8, 4) is 11.5 Å². The molecule has 0 aromatic carbocycles. The van der Waals surface area contributed by atoms with E-state index in [9.17, 15) is 4.79 Å². The van der Waals surface area contributed by atoms with Crippen molar-refractivity contribution < 1.29 is 14.1 Å². The van der Waals surface area contributed by atoms with Crippen LogP contribution in [0.1, 0.15) is 52.3 Å². The van der Waals surface area contributed by atoms with Crippen molar-refractivity contribution in [3.05, 3.63) is 24.2 Å². The maximum Gasteiger partial charge on any atom is 0.410 e. The van der Waals surface area contributed by atoms with Crippen molar-refractivity contribution in [2.45, 2.75) is 58.6 Å². The molecule has 2 aromatic rings. The average Bonchev–Trinajstić information content (AvgIpc) is 3.12. The molecule has 1 fully saturated rings. The summed E-state index contributed by atoms with van der Waals surface area (Å²) in [5, 5.41) is 7.45. The van der Waals surface area contributed by atoms with Crippen LogP contribution >= 0.6 is 0 Å². The van der Waals surface area contributed by atoms with Crippen LogP contribution in [0.25, 0.3) is 11.5 Å². The van der Waals surface area contributed by atoms with Gasteiger partial charge in [0.25, 0.3) is 5.89 Å². The monoisotopic (exact) mass is 373 g/mol. The zero-order valence-electron chi connectivity index (χ0n) is 16.3. The average molecular weight is 373 g/mol. The summed E-state index contributed by atoms with van der Waals surface area (Å²) in [6.45, 7) is 9.11. The van der Waals surface area contributed by atoms with Crippen LogP contribution in [0, 0.1) is 0 Å². The van der Waals surface area contributed by atoms with Gasteiger partial charge in [0.05, 0.1) is 6.10 Å². The van der Waals surface area contributed by atoms with Crippen molar-refractivity contribution in [2.24, 2.45) is 0 Å². The Morgan fingerprint density at radius 1 is 1.30 bits per heavy atom. The topological polar surface area (TPSA) is 93.4 Å². The normalized spacial score (nSPS) is 15.4. The van der Waals surface area contributed by atoms with Gasteiger partial charge in [0.2, 0.25) is 0 Å². The van der Waals surface area contributed by atoms with Crippen molar-refractivity contribution in [2.75, 3.05) is 18.4 Å². The molecule has 8 heteroatoms. The lowest BCUT2D eigenvalue weighted by molar-refractivity contribution is 0.0701. The Morgan fingerprint density at radius 2 is 2.04 bits per heavy atom. The summed E-state index contributed by atoms with van der Waals surface area (Å²) in [5.41, 5.74) is 0.838. The predicted molar refractivity (Wildman–Crippen MR) is 101 cm³/mol. The number of ether oxygens (including phenoxy) is 1.